The number of nitrogens with two attached hydrogens (primary N) is 1. The van der Waals surface area contributed by atoms with E-state index in [1.807, 2.05) is 72.1 Å². The van der Waals surface area contributed by atoms with E-state index in [9.17, 15) is 18.0 Å². The summed E-state index contributed by atoms with van der Waals surface area (Å²) in [6, 6.07) is 17.9. The van der Waals surface area contributed by atoms with Crippen molar-refractivity contribution >= 4 is 33.1 Å². The predicted molar refractivity (Wildman–Crippen MR) is 146 cm³/mol. The van der Waals surface area contributed by atoms with Gasteiger partial charge in [-0.15, -0.1) is 11.3 Å². The number of rotatable bonds is 11. The predicted octanol–water partition coefficient (Wildman–Crippen LogP) is 2.44. The van der Waals surface area contributed by atoms with Gasteiger partial charge in [0, 0.05) is 17.3 Å². The van der Waals surface area contributed by atoms with E-state index in [2.05, 4.69) is 15.4 Å². The summed E-state index contributed by atoms with van der Waals surface area (Å²) < 4.78 is 27.5. The second-order valence-electron chi connectivity index (χ2n) is 9.21. The minimum Gasteiger partial charge on any atom is -0.341 e. The Morgan fingerprint density at radius 3 is 2.16 bits per heavy atom. The van der Waals surface area contributed by atoms with Crippen LogP contribution in [-0.4, -0.2) is 45.0 Å². The van der Waals surface area contributed by atoms with E-state index in [0.717, 1.165) is 35.2 Å². The quantitative estimate of drug-likeness (QED) is 0.296. The Morgan fingerprint density at radius 2 is 1.68 bits per heavy atom. The maximum absolute atomic E-state index is 14.0. The molecule has 196 valence electrons. The number of nitrogens with one attached hydrogen (secondary N) is 3. The van der Waals surface area contributed by atoms with Crippen LogP contribution < -0.4 is 21.1 Å². The Hall–Kier alpha value is -2.89. The summed E-state index contributed by atoms with van der Waals surface area (Å²) in [7, 11) is -3.79. The van der Waals surface area contributed by atoms with Crippen LogP contribution in [0.3, 0.4) is 0 Å². The molecule has 4 rings (SSSR count). The van der Waals surface area contributed by atoms with Crippen LogP contribution >= 0.6 is 11.3 Å². The maximum atomic E-state index is 14.0. The molecule has 10 heteroatoms. The molecule has 1 aliphatic rings. The highest BCUT2D eigenvalue weighted by Crippen LogP contribution is 2.30. The van der Waals surface area contributed by atoms with Gasteiger partial charge in [-0.1, -0.05) is 60.7 Å². The molecule has 37 heavy (non-hydrogen) atoms. The third-order valence-electron chi connectivity index (χ3n) is 6.46. The SMILES string of the molecule is CS(=O)(=O)N[C@@H](C(=O)NC(C(=O)[C@@H]1CCCN1)c1csc(CN)c1)C(c1ccccc1)c1ccccc1. The molecule has 0 radical (unpaired) electrons. The number of hydrogen-bond acceptors (Lipinski definition) is 7. The number of sulfonamides is 1. The van der Waals surface area contributed by atoms with Gasteiger partial charge in [0.2, 0.25) is 15.9 Å². The van der Waals surface area contributed by atoms with Crippen molar-refractivity contribution in [3.8, 4) is 0 Å². The average molecular weight is 541 g/mol. The summed E-state index contributed by atoms with van der Waals surface area (Å²) >= 11 is 1.42. The van der Waals surface area contributed by atoms with Crippen LogP contribution in [0.25, 0.3) is 0 Å². The summed E-state index contributed by atoms with van der Waals surface area (Å²) in [5, 5.41) is 7.93. The molecule has 3 aromatic rings. The fraction of sp³-hybridized carbons (Fsp3) is 0.333. The van der Waals surface area contributed by atoms with Gasteiger partial charge >= 0.3 is 0 Å². The molecule has 1 saturated heterocycles. The molecule has 1 aliphatic heterocycles. The Balaban J connectivity index is 1.74. The third-order valence-corrected chi connectivity index (χ3v) is 8.12. The van der Waals surface area contributed by atoms with E-state index in [4.69, 9.17) is 5.73 Å². The number of Topliss-reactive ketones (excluding diaryl/α,β-unsaturated/α-hetero) is 1. The number of ketones is 1. The lowest BCUT2D eigenvalue weighted by molar-refractivity contribution is -0.129. The van der Waals surface area contributed by atoms with Gasteiger partial charge < -0.3 is 16.4 Å². The Morgan fingerprint density at radius 1 is 1.05 bits per heavy atom. The van der Waals surface area contributed by atoms with Crippen molar-refractivity contribution in [3.63, 3.8) is 0 Å². The largest absolute Gasteiger partial charge is 0.341 e. The van der Waals surface area contributed by atoms with Crippen molar-refractivity contribution in [1.82, 2.24) is 15.4 Å². The molecule has 2 aromatic carbocycles. The zero-order chi connectivity index (χ0) is 26.4. The van der Waals surface area contributed by atoms with Crippen molar-refractivity contribution in [2.75, 3.05) is 12.8 Å². The first-order valence-electron chi connectivity index (χ1n) is 12.2. The van der Waals surface area contributed by atoms with Crippen molar-refractivity contribution in [2.24, 2.45) is 5.73 Å². The normalized spacial score (nSPS) is 17.4. The first kappa shape index (κ1) is 27.2. The van der Waals surface area contributed by atoms with Crippen molar-refractivity contribution in [2.45, 2.75) is 43.4 Å². The highest BCUT2D eigenvalue weighted by molar-refractivity contribution is 7.88. The van der Waals surface area contributed by atoms with Gasteiger partial charge in [-0.2, -0.15) is 0 Å². The number of thiophene rings is 1. The number of carbonyl (C=O) groups is 2. The van der Waals surface area contributed by atoms with Gasteiger partial charge in [-0.25, -0.2) is 13.1 Å². The summed E-state index contributed by atoms with van der Waals surface area (Å²) in [5.41, 5.74) is 7.98. The smallest absolute Gasteiger partial charge is 0.240 e. The summed E-state index contributed by atoms with van der Waals surface area (Å²) in [6.07, 6.45) is 2.58. The third kappa shape index (κ3) is 6.91. The number of hydrogen-bond donors (Lipinski definition) is 4. The topological polar surface area (TPSA) is 130 Å². The van der Waals surface area contributed by atoms with Gasteiger partial charge in [-0.3, -0.25) is 9.59 Å². The first-order chi connectivity index (χ1) is 17.8. The van der Waals surface area contributed by atoms with Crippen molar-refractivity contribution in [3.05, 3.63) is 93.7 Å². The van der Waals surface area contributed by atoms with Gasteiger partial charge in [0.05, 0.1) is 12.3 Å². The first-order valence-corrected chi connectivity index (χ1v) is 15.0. The highest BCUT2D eigenvalue weighted by atomic mass is 32.2. The van der Waals surface area contributed by atoms with Gasteiger partial charge in [0.15, 0.2) is 5.78 Å². The van der Waals surface area contributed by atoms with E-state index in [0.29, 0.717) is 18.5 Å². The van der Waals surface area contributed by atoms with Crippen molar-refractivity contribution in [1.29, 1.82) is 0 Å². The molecule has 2 heterocycles. The molecule has 1 amide bonds. The van der Waals surface area contributed by atoms with E-state index < -0.39 is 33.9 Å². The molecule has 1 unspecified atom stereocenters. The van der Waals surface area contributed by atoms with Gasteiger partial charge in [0.25, 0.3) is 0 Å². The lowest BCUT2D eigenvalue weighted by Gasteiger charge is -2.30. The fourth-order valence-corrected chi connectivity index (χ4v) is 6.23. The molecular weight excluding hydrogens is 508 g/mol. The molecule has 5 N–H and O–H groups in total. The van der Waals surface area contributed by atoms with Crippen LogP contribution in [-0.2, 0) is 26.2 Å². The van der Waals surface area contributed by atoms with Crippen LogP contribution in [0.2, 0.25) is 0 Å². The minimum atomic E-state index is -3.79. The monoisotopic (exact) mass is 540 g/mol. The molecule has 3 atom stereocenters. The molecular formula is C27H32N4O4S2. The fourth-order valence-electron chi connectivity index (χ4n) is 4.74. The zero-order valence-corrected chi connectivity index (χ0v) is 22.2. The van der Waals surface area contributed by atoms with Gasteiger partial charge in [-0.05, 0) is 47.5 Å². The standard InChI is InChI=1S/C27H32N4O4S2/c1-37(34,35)31-25(23(18-9-4-2-5-10-18)19-11-6-3-7-12-19)27(33)30-24(20-15-21(16-28)36-17-20)26(32)22-13-8-14-29-22/h2-7,9-12,15,17,22-25,29,31H,8,13-14,16,28H2,1H3,(H,30,33)/t22-,24?,25+/m0/s1. The molecule has 1 aromatic heterocycles. The van der Waals surface area contributed by atoms with Crippen LogP contribution in [0, 0.1) is 0 Å². The average Bonchev–Trinajstić information content (AvgIpc) is 3.60. The van der Waals surface area contributed by atoms with E-state index >= 15 is 0 Å². The number of benzene rings is 2. The number of amides is 1. The van der Waals surface area contributed by atoms with Crippen LogP contribution in [0.4, 0.5) is 0 Å². The number of carbonyl (C=O) groups excluding carboxylic acids is 2. The minimum absolute atomic E-state index is 0.152. The molecule has 0 aliphatic carbocycles. The maximum Gasteiger partial charge on any atom is 0.240 e. The molecule has 1 fully saturated rings. The zero-order valence-electron chi connectivity index (χ0n) is 20.6. The lowest BCUT2D eigenvalue weighted by atomic mass is 9.84. The van der Waals surface area contributed by atoms with E-state index in [1.165, 1.54) is 11.3 Å². The van der Waals surface area contributed by atoms with E-state index in [1.54, 1.807) is 0 Å². The van der Waals surface area contributed by atoms with Crippen LogP contribution in [0.5, 0.6) is 0 Å². The van der Waals surface area contributed by atoms with Gasteiger partial charge in [0.1, 0.15) is 12.1 Å². The Kier molecular flexibility index (Phi) is 8.88. The molecule has 0 saturated carbocycles. The molecule has 8 nitrogen and oxygen atoms in total. The Labute approximate surface area is 221 Å². The lowest BCUT2D eigenvalue weighted by Crippen LogP contribution is -2.52. The van der Waals surface area contributed by atoms with Crippen LogP contribution in [0.1, 0.15) is 46.4 Å². The summed E-state index contributed by atoms with van der Waals surface area (Å²) in [4.78, 5) is 28.4. The van der Waals surface area contributed by atoms with Crippen molar-refractivity contribution < 1.29 is 18.0 Å². The molecule has 0 bridgehead atoms. The summed E-state index contributed by atoms with van der Waals surface area (Å²) in [6.45, 7) is 1.06. The van der Waals surface area contributed by atoms with E-state index in [-0.39, 0.29) is 11.8 Å². The molecule has 0 spiro atoms. The highest BCUT2D eigenvalue weighted by Gasteiger charge is 2.37. The summed E-state index contributed by atoms with van der Waals surface area (Å²) in [5.74, 6) is -1.36. The van der Waals surface area contributed by atoms with Crippen LogP contribution in [0.15, 0.2) is 72.1 Å². The Bertz CT molecular complexity index is 1270. The second-order valence-corrected chi connectivity index (χ2v) is 12.0. The second kappa shape index (κ2) is 12.1.